The fraction of sp³-hybridized carbons (Fsp3) is 0.357. The number of pyridine rings is 1. The fourth-order valence-electron chi connectivity index (χ4n) is 4.07. The average molecular weight is 477 g/mol. The number of benzene rings is 2. The van der Waals surface area contributed by atoms with E-state index in [-0.39, 0.29) is 18.1 Å². The lowest BCUT2D eigenvalue weighted by atomic mass is 10.1. The molecule has 4 rings (SSSR count). The van der Waals surface area contributed by atoms with Crippen LogP contribution in [0.1, 0.15) is 17.7 Å². The Hall–Kier alpha value is -3.29. The Morgan fingerprint density at radius 3 is 2.51 bits per heavy atom. The first-order valence-corrected chi connectivity index (χ1v) is 12.2. The molecule has 35 heavy (non-hydrogen) atoms. The summed E-state index contributed by atoms with van der Waals surface area (Å²) >= 11 is 0. The number of halogens is 1. The molecule has 0 aliphatic carbocycles. The molecule has 184 valence electrons. The molecular formula is C28H33FN4O2. The van der Waals surface area contributed by atoms with Crippen molar-refractivity contribution in [2.24, 2.45) is 0 Å². The second-order valence-electron chi connectivity index (χ2n) is 8.99. The molecule has 1 aliphatic rings. The van der Waals surface area contributed by atoms with Crippen LogP contribution in [0.25, 0.3) is 11.1 Å². The second-order valence-corrected chi connectivity index (χ2v) is 8.99. The molecule has 1 aromatic heterocycles. The molecule has 1 N–H and O–H groups in total. The maximum absolute atomic E-state index is 13.2. The van der Waals surface area contributed by atoms with Gasteiger partial charge in [-0.1, -0.05) is 30.3 Å². The first kappa shape index (κ1) is 24.8. The summed E-state index contributed by atoms with van der Waals surface area (Å²) in [5.74, 6) is 0.408. The van der Waals surface area contributed by atoms with Crippen molar-refractivity contribution < 1.29 is 13.9 Å². The Balaban J connectivity index is 1.19. The minimum atomic E-state index is -0.310. The molecular weight excluding hydrogens is 443 g/mol. The molecule has 2 heterocycles. The van der Waals surface area contributed by atoms with Crippen molar-refractivity contribution in [1.29, 1.82) is 0 Å². The topological polar surface area (TPSA) is 57.7 Å². The van der Waals surface area contributed by atoms with Gasteiger partial charge in [-0.2, -0.15) is 0 Å². The standard InChI is InChI=1S/C28H33FN4O2/c1-32-13-15-33(16-14-32)12-3-17-35-27-10-7-23(8-11-27)24-6-9-26(30-21-24)19-28(34)31-20-22-4-2-5-25(29)18-22/h2,4-11,18,21H,3,12-17,19-20H2,1H3,(H,31,34). The van der Waals surface area contributed by atoms with Crippen molar-refractivity contribution in [3.8, 4) is 16.9 Å². The number of nitrogens with zero attached hydrogens (tertiary/aromatic N) is 3. The normalized spacial score (nSPS) is 14.6. The van der Waals surface area contributed by atoms with E-state index in [1.807, 2.05) is 36.4 Å². The third kappa shape index (κ3) is 7.87. The van der Waals surface area contributed by atoms with Crippen LogP contribution < -0.4 is 10.1 Å². The van der Waals surface area contributed by atoms with E-state index in [0.29, 0.717) is 18.8 Å². The molecule has 0 radical (unpaired) electrons. The molecule has 0 bridgehead atoms. The monoisotopic (exact) mass is 476 g/mol. The van der Waals surface area contributed by atoms with Gasteiger partial charge in [0.2, 0.25) is 5.91 Å². The number of hydrogen-bond acceptors (Lipinski definition) is 5. The van der Waals surface area contributed by atoms with Crippen LogP contribution in [0.3, 0.4) is 0 Å². The predicted molar refractivity (Wildman–Crippen MR) is 136 cm³/mol. The predicted octanol–water partition coefficient (Wildman–Crippen LogP) is 3.76. The molecule has 1 amide bonds. The van der Waals surface area contributed by atoms with E-state index in [0.717, 1.165) is 61.6 Å². The fourth-order valence-corrected chi connectivity index (χ4v) is 4.07. The Morgan fingerprint density at radius 1 is 1.03 bits per heavy atom. The van der Waals surface area contributed by atoms with Crippen LogP contribution in [-0.4, -0.2) is 67.1 Å². The van der Waals surface area contributed by atoms with Gasteiger partial charge >= 0.3 is 0 Å². The van der Waals surface area contributed by atoms with Gasteiger partial charge in [-0.15, -0.1) is 0 Å². The zero-order valence-corrected chi connectivity index (χ0v) is 20.3. The average Bonchev–Trinajstić information content (AvgIpc) is 2.87. The summed E-state index contributed by atoms with van der Waals surface area (Å²) in [4.78, 5) is 21.5. The Morgan fingerprint density at radius 2 is 1.80 bits per heavy atom. The Bertz CT molecular complexity index is 1080. The highest BCUT2D eigenvalue weighted by Crippen LogP contribution is 2.22. The lowest BCUT2D eigenvalue weighted by Gasteiger charge is -2.32. The SMILES string of the molecule is CN1CCN(CCCOc2ccc(-c3ccc(CC(=O)NCc4cccc(F)c4)nc3)cc2)CC1. The molecule has 3 aromatic rings. The number of aromatic nitrogens is 1. The van der Waals surface area contributed by atoms with Crippen LogP contribution in [0.2, 0.25) is 0 Å². The molecule has 0 unspecified atom stereocenters. The quantitative estimate of drug-likeness (QED) is 0.452. The number of carbonyl (C=O) groups excluding carboxylic acids is 1. The molecule has 1 fully saturated rings. The molecule has 0 spiro atoms. The van der Waals surface area contributed by atoms with Crippen LogP contribution in [-0.2, 0) is 17.8 Å². The summed E-state index contributed by atoms with van der Waals surface area (Å²) in [6.07, 6.45) is 2.98. The maximum atomic E-state index is 13.2. The molecule has 0 saturated carbocycles. The van der Waals surface area contributed by atoms with Gasteiger partial charge in [-0.05, 0) is 54.9 Å². The number of piperazine rings is 1. The van der Waals surface area contributed by atoms with Gasteiger partial charge in [0.25, 0.3) is 0 Å². The first-order chi connectivity index (χ1) is 17.0. The van der Waals surface area contributed by atoms with Gasteiger partial charge in [0.05, 0.1) is 13.0 Å². The van der Waals surface area contributed by atoms with Crippen LogP contribution in [0.5, 0.6) is 5.75 Å². The van der Waals surface area contributed by atoms with Gasteiger partial charge in [-0.25, -0.2) is 4.39 Å². The van der Waals surface area contributed by atoms with Crippen molar-refractivity contribution >= 4 is 5.91 Å². The number of carbonyl (C=O) groups is 1. The van der Waals surface area contributed by atoms with E-state index in [2.05, 4.69) is 27.1 Å². The third-order valence-electron chi connectivity index (χ3n) is 6.22. The number of hydrogen-bond donors (Lipinski definition) is 1. The zero-order valence-electron chi connectivity index (χ0n) is 20.3. The third-order valence-corrected chi connectivity index (χ3v) is 6.22. The van der Waals surface area contributed by atoms with Crippen LogP contribution >= 0.6 is 0 Å². The zero-order chi connectivity index (χ0) is 24.5. The van der Waals surface area contributed by atoms with Gasteiger partial charge < -0.3 is 19.9 Å². The summed E-state index contributed by atoms with van der Waals surface area (Å²) in [7, 11) is 2.17. The summed E-state index contributed by atoms with van der Waals surface area (Å²) in [6, 6.07) is 18.1. The molecule has 6 nitrogen and oxygen atoms in total. The lowest BCUT2D eigenvalue weighted by molar-refractivity contribution is -0.120. The van der Waals surface area contributed by atoms with Crippen molar-refractivity contribution in [2.75, 3.05) is 46.4 Å². The minimum absolute atomic E-state index is 0.149. The number of nitrogens with one attached hydrogen (secondary N) is 1. The summed E-state index contributed by atoms with van der Waals surface area (Å²) in [6.45, 7) is 6.63. The highest BCUT2D eigenvalue weighted by atomic mass is 19.1. The van der Waals surface area contributed by atoms with Crippen molar-refractivity contribution in [1.82, 2.24) is 20.1 Å². The van der Waals surface area contributed by atoms with Crippen LogP contribution in [0, 0.1) is 5.82 Å². The molecule has 2 aromatic carbocycles. The van der Waals surface area contributed by atoms with Crippen molar-refractivity contribution in [3.63, 3.8) is 0 Å². The van der Waals surface area contributed by atoms with Crippen molar-refractivity contribution in [2.45, 2.75) is 19.4 Å². The maximum Gasteiger partial charge on any atom is 0.226 e. The smallest absolute Gasteiger partial charge is 0.226 e. The largest absolute Gasteiger partial charge is 0.494 e. The Kier molecular flexibility index (Phi) is 8.81. The minimum Gasteiger partial charge on any atom is -0.494 e. The molecule has 1 saturated heterocycles. The van der Waals surface area contributed by atoms with Crippen molar-refractivity contribution in [3.05, 3.63) is 83.9 Å². The lowest BCUT2D eigenvalue weighted by Crippen LogP contribution is -2.44. The molecule has 0 atom stereocenters. The van der Waals surface area contributed by atoms with Gasteiger partial charge in [-0.3, -0.25) is 9.78 Å². The van der Waals surface area contributed by atoms with E-state index in [9.17, 15) is 9.18 Å². The number of rotatable bonds is 10. The van der Waals surface area contributed by atoms with E-state index in [1.54, 1.807) is 18.3 Å². The van der Waals surface area contributed by atoms with Gasteiger partial charge in [0.15, 0.2) is 0 Å². The van der Waals surface area contributed by atoms with E-state index < -0.39 is 0 Å². The number of likely N-dealkylation sites (N-methyl/N-ethyl adjacent to an activating group) is 1. The molecule has 7 heteroatoms. The Labute approximate surface area is 206 Å². The number of ether oxygens (including phenoxy) is 1. The molecule has 1 aliphatic heterocycles. The van der Waals surface area contributed by atoms with E-state index in [4.69, 9.17) is 4.74 Å². The highest BCUT2D eigenvalue weighted by molar-refractivity contribution is 5.78. The second kappa shape index (κ2) is 12.4. The highest BCUT2D eigenvalue weighted by Gasteiger charge is 2.13. The van der Waals surface area contributed by atoms with Gasteiger partial charge in [0, 0.05) is 56.7 Å². The van der Waals surface area contributed by atoms with Gasteiger partial charge in [0.1, 0.15) is 11.6 Å². The summed E-state index contributed by atoms with van der Waals surface area (Å²) in [5.41, 5.74) is 3.44. The summed E-state index contributed by atoms with van der Waals surface area (Å²) in [5, 5.41) is 2.80. The van der Waals surface area contributed by atoms with E-state index >= 15 is 0 Å². The van der Waals surface area contributed by atoms with Crippen LogP contribution in [0.4, 0.5) is 4.39 Å². The van der Waals surface area contributed by atoms with E-state index in [1.165, 1.54) is 12.1 Å². The number of amides is 1. The van der Waals surface area contributed by atoms with Crippen LogP contribution in [0.15, 0.2) is 66.9 Å². The summed E-state index contributed by atoms with van der Waals surface area (Å²) < 4.78 is 19.2. The first-order valence-electron chi connectivity index (χ1n) is 12.2.